The summed E-state index contributed by atoms with van der Waals surface area (Å²) in [5, 5.41) is 12.6. The first-order chi connectivity index (χ1) is 10.6. The van der Waals surface area contributed by atoms with Gasteiger partial charge in [0, 0.05) is 24.6 Å². The Hall–Kier alpha value is -1.88. The first-order valence-electron chi connectivity index (χ1n) is 7.98. The van der Waals surface area contributed by atoms with Crippen molar-refractivity contribution in [2.24, 2.45) is 5.92 Å². The number of nitrogens with one attached hydrogen (secondary N) is 1. The molecule has 1 aromatic rings. The Morgan fingerprint density at radius 2 is 2.09 bits per heavy atom. The van der Waals surface area contributed by atoms with E-state index in [9.17, 15) is 14.7 Å². The Kier molecular flexibility index (Phi) is 4.43. The number of anilines is 1. The van der Waals surface area contributed by atoms with E-state index in [2.05, 4.69) is 5.32 Å². The number of aryl methyl sites for hydroxylation is 1. The van der Waals surface area contributed by atoms with Crippen LogP contribution >= 0.6 is 0 Å². The molecule has 2 unspecified atom stereocenters. The molecule has 2 atom stereocenters. The monoisotopic (exact) mass is 302 g/mol. The number of carbonyl (C=O) groups excluding carboxylic acids is 2. The van der Waals surface area contributed by atoms with Gasteiger partial charge in [0.05, 0.1) is 6.10 Å². The molecule has 1 aliphatic carbocycles. The average molecular weight is 302 g/mol. The van der Waals surface area contributed by atoms with Crippen LogP contribution in [0.4, 0.5) is 5.69 Å². The van der Waals surface area contributed by atoms with Crippen molar-refractivity contribution in [3.8, 4) is 0 Å². The molecule has 1 heterocycles. The van der Waals surface area contributed by atoms with Crippen LogP contribution in [0.5, 0.6) is 0 Å². The Morgan fingerprint density at radius 1 is 1.27 bits per heavy atom. The van der Waals surface area contributed by atoms with Gasteiger partial charge < -0.3 is 15.3 Å². The number of nitrogens with zero attached hydrogens (tertiary/aromatic N) is 1. The van der Waals surface area contributed by atoms with Crippen LogP contribution < -0.4 is 10.2 Å². The van der Waals surface area contributed by atoms with Gasteiger partial charge in [-0.15, -0.1) is 0 Å². The van der Waals surface area contributed by atoms with E-state index in [0.717, 1.165) is 36.9 Å². The van der Waals surface area contributed by atoms with Crippen LogP contribution in [0.25, 0.3) is 0 Å². The highest BCUT2D eigenvalue weighted by atomic mass is 16.3. The summed E-state index contributed by atoms with van der Waals surface area (Å²) < 4.78 is 0. The summed E-state index contributed by atoms with van der Waals surface area (Å²) in [4.78, 5) is 25.8. The normalized spacial score (nSPS) is 24.2. The maximum absolute atomic E-state index is 12.1. The third kappa shape index (κ3) is 3.14. The van der Waals surface area contributed by atoms with Crippen molar-refractivity contribution in [3.05, 3.63) is 29.8 Å². The minimum absolute atomic E-state index is 0.00486. The minimum atomic E-state index is -0.308. The van der Waals surface area contributed by atoms with E-state index in [1.54, 1.807) is 4.90 Å². The molecule has 2 amide bonds. The molecule has 22 heavy (non-hydrogen) atoms. The predicted molar refractivity (Wildman–Crippen MR) is 83.5 cm³/mol. The van der Waals surface area contributed by atoms with Crippen LogP contribution in [-0.2, 0) is 16.0 Å². The molecule has 0 bridgehead atoms. The van der Waals surface area contributed by atoms with Crippen molar-refractivity contribution < 1.29 is 14.7 Å². The summed E-state index contributed by atoms with van der Waals surface area (Å²) in [5.74, 6) is -0.0211. The van der Waals surface area contributed by atoms with Crippen molar-refractivity contribution in [2.45, 2.75) is 38.2 Å². The highest BCUT2D eigenvalue weighted by Gasteiger charge is 2.28. The van der Waals surface area contributed by atoms with Crippen LogP contribution in [0.1, 0.15) is 31.2 Å². The summed E-state index contributed by atoms with van der Waals surface area (Å²) in [6.07, 6.45) is 3.66. The Morgan fingerprint density at radius 3 is 2.86 bits per heavy atom. The standard InChI is InChI=1S/C17H22N2O3/c20-15-7-3-5-13(15)10-18-16(21)11-19-14-6-2-1-4-12(14)8-9-17(19)22/h1-2,4,6,13,15,20H,3,5,7-11H2,(H,18,21). The number of aliphatic hydroxyl groups is 1. The molecule has 5 heteroatoms. The quantitative estimate of drug-likeness (QED) is 0.879. The number of hydrogen-bond acceptors (Lipinski definition) is 3. The van der Waals surface area contributed by atoms with E-state index < -0.39 is 0 Å². The lowest BCUT2D eigenvalue weighted by Gasteiger charge is -2.29. The number of para-hydroxylation sites is 1. The van der Waals surface area contributed by atoms with Gasteiger partial charge in [0.15, 0.2) is 0 Å². The minimum Gasteiger partial charge on any atom is -0.393 e. The second-order valence-electron chi connectivity index (χ2n) is 6.17. The fraction of sp³-hybridized carbons (Fsp3) is 0.529. The Balaban J connectivity index is 1.60. The fourth-order valence-electron chi connectivity index (χ4n) is 3.37. The van der Waals surface area contributed by atoms with Gasteiger partial charge in [-0.2, -0.15) is 0 Å². The smallest absolute Gasteiger partial charge is 0.240 e. The van der Waals surface area contributed by atoms with Gasteiger partial charge in [0.25, 0.3) is 0 Å². The summed E-state index contributed by atoms with van der Waals surface area (Å²) in [6, 6.07) is 7.73. The maximum Gasteiger partial charge on any atom is 0.240 e. The molecule has 0 spiro atoms. The number of aliphatic hydroxyl groups excluding tert-OH is 1. The average Bonchev–Trinajstić information content (AvgIpc) is 2.93. The molecule has 1 fully saturated rings. The van der Waals surface area contributed by atoms with Crippen LogP contribution in [0.3, 0.4) is 0 Å². The molecule has 2 aliphatic rings. The van der Waals surface area contributed by atoms with E-state index in [-0.39, 0.29) is 30.4 Å². The third-order valence-corrected chi connectivity index (χ3v) is 4.67. The SMILES string of the molecule is O=C(CN1C(=O)CCc2ccccc21)NCC1CCCC1O. The molecule has 2 N–H and O–H groups in total. The van der Waals surface area contributed by atoms with Crippen LogP contribution in [0, 0.1) is 5.92 Å². The van der Waals surface area contributed by atoms with Crippen LogP contribution in [0.2, 0.25) is 0 Å². The number of fused-ring (bicyclic) bond motifs is 1. The molecule has 118 valence electrons. The summed E-state index contributed by atoms with van der Waals surface area (Å²) in [6.45, 7) is 0.544. The van der Waals surface area contributed by atoms with Crippen molar-refractivity contribution in [3.63, 3.8) is 0 Å². The zero-order chi connectivity index (χ0) is 15.5. The highest BCUT2D eigenvalue weighted by molar-refractivity contribution is 6.00. The lowest BCUT2D eigenvalue weighted by atomic mass is 10.0. The molecule has 1 aromatic carbocycles. The predicted octanol–water partition coefficient (Wildman–Crippen LogP) is 1.24. The summed E-state index contributed by atoms with van der Waals surface area (Å²) in [5.41, 5.74) is 1.95. The van der Waals surface area contributed by atoms with Crippen molar-refractivity contribution in [2.75, 3.05) is 18.0 Å². The maximum atomic E-state index is 12.1. The van der Waals surface area contributed by atoms with Gasteiger partial charge >= 0.3 is 0 Å². The topological polar surface area (TPSA) is 69.6 Å². The van der Waals surface area contributed by atoms with Crippen molar-refractivity contribution in [1.82, 2.24) is 5.32 Å². The van der Waals surface area contributed by atoms with E-state index in [4.69, 9.17) is 0 Å². The number of hydrogen-bond donors (Lipinski definition) is 2. The molecule has 1 aliphatic heterocycles. The highest BCUT2D eigenvalue weighted by Crippen LogP contribution is 2.27. The van der Waals surface area contributed by atoms with E-state index in [1.807, 2.05) is 24.3 Å². The Bertz CT molecular complexity index is 573. The molecule has 0 aromatic heterocycles. The van der Waals surface area contributed by atoms with Gasteiger partial charge in [-0.1, -0.05) is 24.6 Å². The van der Waals surface area contributed by atoms with Gasteiger partial charge in [-0.05, 0) is 30.9 Å². The van der Waals surface area contributed by atoms with E-state index in [1.165, 1.54) is 0 Å². The third-order valence-electron chi connectivity index (χ3n) is 4.67. The number of carbonyl (C=O) groups is 2. The molecule has 5 nitrogen and oxygen atoms in total. The van der Waals surface area contributed by atoms with Gasteiger partial charge in [-0.25, -0.2) is 0 Å². The molecular formula is C17H22N2O3. The fourth-order valence-corrected chi connectivity index (χ4v) is 3.37. The second-order valence-corrected chi connectivity index (χ2v) is 6.17. The number of benzene rings is 1. The number of amides is 2. The largest absolute Gasteiger partial charge is 0.393 e. The molecular weight excluding hydrogens is 280 g/mol. The number of rotatable bonds is 4. The van der Waals surface area contributed by atoms with Gasteiger partial charge in [0.1, 0.15) is 6.54 Å². The molecule has 0 radical (unpaired) electrons. The first-order valence-corrected chi connectivity index (χ1v) is 7.98. The molecule has 1 saturated carbocycles. The van der Waals surface area contributed by atoms with E-state index >= 15 is 0 Å². The molecule has 3 rings (SSSR count). The second kappa shape index (κ2) is 6.48. The lowest BCUT2D eigenvalue weighted by molar-refractivity contribution is -0.124. The first kappa shape index (κ1) is 15.0. The van der Waals surface area contributed by atoms with E-state index in [0.29, 0.717) is 13.0 Å². The van der Waals surface area contributed by atoms with Gasteiger partial charge in [-0.3, -0.25) is 9.59 Å². The lowest BCUT2D eigenvalue weighted by Crippen LogP contribution is -2.44. The summed E-state index contributed by atoms with van der Waals surface area (Å²) in [7, 11) is 0. The van der Waals surface area contributed by atoms with Gasteiger partial charge in [0.2, 0.25) is 11.8 Å². The van der Waals surface area contributed by atoms with Crippen LogP contribution in [0.15, 0.2) is 24.3 Å². The van der Waals surface area contributed by atoms with Crippen molar-refractivity contribution >= 4 is 17.5 Å². The van der Waals surface area contributed by atoms with Crippen LogP contribution in [-0.4, -0.2) is 36.1 Å². The molecule has 0 saturated heterocycles. The zero-order valence-electron chi connectivity index (χ0n) is 12.6. The summed E-state index contributed by atoms with van der Waals surface area (Å²) >= 11 is 0. The Labute approximate surface area is 130 Å². The van der Waals surface area contributed by atoms with Crippen molar-refractivity contribution in [1.29, 1.82) is 0 Å². The zero-order valence-corrected chi connectivity index (χ0v) is 12.6.